The van der Waals surface area contributed by atoms with Gasteiger partial charge in [0.05, 0.1) is 12.8 Å². The van der Waals surface area contributed by atoms with Gasteiger partial charge in [0.2, 0.25) is 11.8 Å². The minimum Gasteiger partial charge on any atom is -0.495 e. The highest BCUT2D eigenvalue weighted by molar-refractivity contribution is 5.96. The number of para-hydroxylation sites is 1. The van der Waals surface area contributed by atoms with E-state index < -0.39 is 0 Å². The van der Waals surface area contributed by atoms with Crippen LogP contribution in [0.5, 0.6) is 5.75 Å². The van der Waals surface area contributed by atoms with E-state index in [9.17, 15) is 9.59 Å². The second kappa shape index (κ2) is 8.33. The summed E-state index contributed by atoms with van der Waals surface area (Å²) in [5, 5.41) is 0. The molecule has 0 bridgehead atoms. The molecule has 5 heteroatoms. The summed E-state index contributed by atoms with van der Waals surface area (Å²) in [7, 11) is 3.31. The predicted molar refractivity (Wildman–Crippen MR) is 100 cm³/mol. The van der Waals surface area contributed by atoms with Crippen molar-refractivity contribution >= 4 is 23.2 Å². The zero-order valence-corrected chi connectivity index (χ0v) is 15.2. The van der Waals surface area contributed by atoms with Crippen molar-refractivity contribution < 1.29 is 14.3 Å². The van der Waals surface area contributed by atoms with Crippen LogP contribution in [0, 0.1) is 6.92 Å². The Labute approximate surface area is 148 Å². The van der Waals surface area contributed by atoms with Crippen LogP contribution in [-0.2, 0) is 9.59 Å². The number of aryl methyl sites for hydroxylation is 1. The van der Waals surface area contributed by atoms with E-state index in [-0.39, 0.29) is 18.2 Å². The van der Waals surface area contributed by atoms with Crippen LogP contribution in [0.2, 0.25) is 0 Å². The largest absolute Gasteiger partial charge is 0.495 e. The maximum absolute atomic E-state index is 12.5. The highest BCUT2D eigenvalue weighted by Gasteiger charge is 2.19. The van der Waals surface area contributed by atoms with Crippen LogP contribution < -0.4 is 14.5 Å². The van der Waals surface area contributed by atoms with Gasteiger partial charge in [0.15, 0.2) is 0 Å². The molecule has 0 N–H and O–H groups in total. The predicted octanol–water partition coefficient (Wildman–Crippen LogP) is 3.41. The Kier molecular flexibility index (Phi) is 6.17. The van der Waals surface area contributed by atoms with Gasteiger partial charge in [-0.3, -0.25) is 9.59 Å². The van der Waals surface area contributed by atoms with Crippen LogP contribution in [0.4, 0.5) is 11.4 Å². The summed E-state index contributed by atoms with van der Waals surface area (Å²) in [5.41, 5.74) is 2.54. The number of amides is 2. The van der Waals surface area contributed by atoms with Gasteiger partial charge >= 0.3 is 0 Å². The van der Waals surface area contributed by atoms with Crippen molar-refractivity contribution in [3.05, 3.63) is 54.1 Å². The van der Waals surface area contributed by atoms with Crippen molar-refractivity contribution in [1.82, 2.24) is 0 Å². The number of ether oxygens (including phenoxy) is 1. The van der Waals surface area contributed by atoms with Gasteiger partial charge in [-0.2, -0.15) is 0 Å². The molecule has 0 heterocycles. The van der Waals surface area contributed by atoms with E-state index in [2.05, 4.69) is 0 Å². The van der Waals surface area contributed by atoms with Crippen molar-refractivity contribution in [1.29, 1.82) is 0 Å². The lowest BCUT2D eigenvalue weighted by atomic mass is 10.1. The SMILES string of the molecule is COc1ccc(C)cc1N(CCC(=O)N(C)c1ccccc1)C(C)=O. The minimum absolute atomic E-state index is 0.0518. The van der Waals surface area contributed by atoms with Crippen molar-refractivity contribution in [3.63, 3.8) is 0 Å². The lowest BCUT2D eigenvalue weighted by Gasteiger charge is -2.25. The maximum Gasteiger partial charge on any atom is 0.228 e. The number of hydrogen-bond acceptors (Lipinski definition) is 3. The first-order valence-electron chi connectivity index (χ1n) is 8.18. The normalized spacial score (nSPS) is 10.2. The summed E-state index contributed by atoms with van der Waals surface area (Å²) in [6.07, 6.45) is 0.224. The van der Waals surface area contributed by atoms with Crippen molar-refractivity contribution in [2.45, 2.75) is 20.3 Å². The second-order valence-electron chi connectivity index (χ2n) is 5.88. The summed E-state index contributed by atoms with van der Waals surface area (Å²) in [5.74, 6) is 0.438. The molecular weight excluding hydrogens is 316 g/mol. The Bertz CT molecular complexity index is 744. The molecule has 0 fully saturated rings. The summed E-state index contributed by atoms with van der Waals surface area (Å²) in [6.45, 7) is 3.74. The molecule has 2 aromatic carbocycles. The van der Waals surface area contributed by atoms with Crippen LogP contribution >= 0.6 is 0 Å². The minimum atomic E-state index is -0.126. The molecule has 5 nitrogen and oxygen atoms in total. The quantitative estimate of drug-likeness (QED) is 0.810. The molecule has 2 aromatic rings. The molecule has 0 saturated heterocycles. The lowest BCUT2D eigenvalue weighted by molar-refractivity contribution is -0.118. The topological polar surface area (TPSA) is 49.9 Å². The van der Waals surface area contributed by atoms with Crippen LogP contribution in [0.3, 0.4) is 0 Å². The van der Waals surface area contributed by atoms with Gasteiger partial charge in [0.1, 0.15) is 5.75 Å². The molecule has 0 aliphatic carbocycles. The number of carbonyl (C=O) groups is 2. The van der Waals surface area contributed by atoms with Crippen LogP contribution in [0.1, 0.15) is 18.9 Å². The Morgan fingerprint density at radius 2 is 1.76 bits per heavy atom. The molecule has 132 valence electrons. The zero-order chi connectivity index (χ0) is 18.4. The third-order valence-corrected chi connectivity index (χ3v) is 4.07. The van der Waals surface area contributed by atoms with Crippen LogP contribution in [-0.4, -0.2) is 32.5 Å². The summed E-state index contributed by atoms with van der Waals surface area (Å²) in [6, 6.07) is 15.1. The Balaban J connectivity index is 2.14. The molecule has 0 aliphatic heterocycles. The molecule has 2 rings (SSSR count). The summed E-state index contributed by atoms with van der Waals surface area (Å²) in [4.78, 5) is 27.8. The summed E-state index contributed by atoms with van der Waals surface area (Å²) < 4.78 is 5.37. The number of rotatable bonds is 6. The molecule has 0 saturated carbocycles. The van der Waals surface area contributed by atoms with E-state index in [1.54, 1.807) is 24.0 Å². The third-order valence-electron chi connectivity index (χ3n) is 4.07. The van der Waals surface area contributed by atoms with E-state index in [0.29, 0.717) is 18.0 Å². The van der Waals surface area contributed by atoms with Crippen LogP contribution in [0.15, 0.2) is 48.5 Å². The molecule has 0 radical (unpaired) electrons. The van der Waals surface area contributed by atoms with E-state index in [4.69, 9.17) is 4.74 Å². The molecule has 0 unspecified atom stereocenters. The van der Waals surface area contributed by atoms with E-state index in [1.165, 1.54) is 6.92 Å². The smallest absolute Gasteiger partial charge is 0.228 e. The Hall–Kier alpha value is -2.82. The Morgan fingerprint density at radius 3 is 2.36 bits per heavy atom. The molecule has 0 spiro atoms. The average molecular weight is 340 g/mol. The first-order valence-corrected chi connectivity index (χ1v) is 8.18. The maximum atomic E-state index is 12.5. The van der Waals surface area contributed by atoms with E-state index in [1.807, 2.05) is 55.5 Å². The van der Waals surface area contributed by atoms with Crippen molar-refractivity contribution in [2.75, 3.05) is 30.5 Å². The number of carbonyl (C=O) groups excluding carboxylic acids is 2. The first-order chi connectivity index (χ1) is 11.9. The molecule has 2 amide bonds. The average Bonchev–Trinajstić information content (AvgIpc) is 2.61. The number of anilines is 2. The second-order valence-corrected chi connectivity index (χ2v) is 5.88. The molecule has 0 aromatic heterocycles. The number of hydrogen-bond donors (Lipinski definition) is 0. The van der Waals surface area contributed by atoms with Crippen molar-refractivity contribution in [2.24, 2.45) is 0 Å². The highest BCUT2D eigenvalue weighted by Crippen LogP contribution is 2.29. The Morgan fingerprint density at radius 1 is 1.08 bits per heavy atom. The van der Waals surface area contributed by atoms with Gasteiger partial charge in [-0.25, -0.2) is 0 Å². The van der Waals surface area contributed by atoms with Gasteiger partial charge in [-0.15, -0.1) is 0 Å². The van der Waals surface area contributed by atoms with Gasteiger partial charge < -0.3 is 14.5 Å². The standard InChI is InChI=1S/C20H24N2O3/c1-15-10-11-19(25-4)18(14-15)22(16(2)23)13-12-20(24)21(3)17-8-6-5-7-9-17/h5-11,14H,12-13H2,1-4H3. The lowest BCUT2D eigenvalue weighted by Crippen LogP contribution is -2.35. The highest BCUT2D eigenvalue weighted by atomic mass is 16.5. The molecular formula is C20H24N2O3. The zero-order valence-electron chi connectivity index (χ0n) is 15.2. The van der Waals surface area contributed by atoms with E-state index >= 15 is 0 Å². The number of nitrogens with zero attached hydrogens (tertiary/aromatic N) is 2. The fourth-order valence-electron chi connectivity index (χ4n) is 2.63. The van der Waals surface area contributed by atoms with Gasteiger partial charge in [-0.05, 0) is 36.8 Å². The fraction of sp³-hybridized carbons (Fsp3) is 0.300. The van der Waals surface area contributed by atoms with Crippen LogP contribution in [0.25, 0.3) is 0 Å². The molecule has 0 atom stereocenters. The van der Waals surface area contributed by atoms with Gasteiger partial charge in [-0.1, -0.05) is 24.3 Å². The summed E-state index contributed by atoms with van der Waals surface area (Å²) >= 11 is 0. The number of methoxy groups -OCH3 is 1. The molecule has 25 heavy (non-hydrogen) atoms. The monoisotopic (exact) mass is 340 g/mol. The number of benzene rings is 2. The van der Waals surface area contributed by atoms with Gasteiger partial charge in [0, 0.05) is 32.6 Å². The van der Waals surface area contributed by atoms with Crippen molar-refractivity contribution in [3.8, 4) is 5.75 Å². The van der Waals surface area contributed by atoms with E-state index in [0.717, 1.165) is 11.3 Å². The van der Waals surface area contributed by atoms with Gasteiger partial charge in [0.25, 0.3) is 0 Å². The fourth-order valence-corrected chi connectivity index (χ4v) is 2.63. The molecule has 0 aliphatic rings. The first kappa shape index (κ1) is 18.5. The third kappa shape index (κ3) is 4.59.